The standard InChI is InChI=1S/C13H23N3O3/c1-4-11(15-13(18)14-9-10(2)3)12(17)16-5-7-19-8-6-16/h11H,2,4-9H2,1,3H3,(H2,14,15,18). The van der Waals surface area contributed by atoms with Crippen LogP contribution in [0.5, 0.6) is 0 Å². The molecule has 0 bridgehead atoms. The van der Waals surface area contributed by atoms with Gasteiger partial charge in [-0.3, -0.25) is 4.79 Å². The number of carbonyl (C=O) groups excluding carboxylic acids is 2. The van der Waals surface area contributed by atoms with Gasteiger partial charge < -0.3 is 20.3 Å². The predicted octanol–water partition coefficient (Wildman–Crippen LogP) is 0.499. The van der Waals surface area contributed by atoms with Crippen LogP contribution in [-0.2, 0) is 9.53 Å². The third kappa shape index (κ3) is 5.30. The van der Waals surface area contributed by atoms with Gasteiger partial charge in [-0.05, 0) is 13.3 Å². The number of hydrogen-bond acceptors (Lipinski definition) is 3. The second-order valence-electron chi connectivity index (χ2n) is 4.68. The fourth-order valence-electron chi connectivity index (χ4n) is 1.78. The Morgan fingerprint density at radius 3 is 2.53 bits per heavy atom. The summed E-state index contributed by atoms with van der Waals surface area (Å²) in [7, 11) is 0. The number of ether oxygens (including phenoxy) is 1. The van der Waals surface area contributed by atoms with Crippen molar-refractivity contribution in [2.45, 2.75) is 26.3 Å². The Bertz CT molecular complexity index is 338. The largest absolute Gasteiger partial charge is 0.378 e. The molecule has 0 aliphatic carbocycles. The molecule has 1 aliphatic rings. The van der Waals surface area contributed by atoms with Crippen LogP contribution in [0.15, 0.2) is 12.2 Å². The highest BCUT2D eigenvalue weighted by Gasteiger charge is 2.25. The van der Waals surface area contributed by atoms with Crippen LogP contribution in [-0.4, -0.2) is 55.7 Å². The van der Waals surface area contributed by atoms with Gasteiger partial charge in [0.2, 0.25) is 5.91 Å². The lowest BCUT2D eigenvalue weighted by Gasteiger charge is -2.30. The molecule has 1 heterocycles. The molecule has 2 N–H and O–H groups in total. The van der Waals surface area contributed by atoms with Gasteiger partial charge in [0.1, 0.15) is 6.04 Å². The van der Waals surface area contributed by atoms with Crippen LogP contribution in [0.1, 0.15) is 20.3 Å². The Morgan fingerprint density at radius 2 is 2.00 bits per heavy atom. The molecular formula is C13H23N3O3. The average molecular weight is 269 g/mol. The molecule has 1 rings (SSSR count). The Kier molecular flexibility index (Phi) is 6.35. The van der Waals surface area contributed by atoms with Crippen LogP contribution in [0.2, 0.25) is 0 Å². The molecule has 108 valence electrons. The maximum atomic E-state index is 12.2. The number of rotatable bonds is 5. The number of amides is 3. The van der Waals surface area contributed by atoms with Gasteiger partial charge in [0, 0.05) is 19.6 Å². The topological polar surface area (TPSA) is 70.7 Å². The molecule has 1 aliphatic heterocycles. The van der Waals surface area contributed by atoms with E-state index in [4.69, 9.17) is 4.74 Å². The summed E-state index contributed by atoms with van der Waals surface area (Å²) in [6.45, 7) is 10.1. The Hall–Kier alpha value is -1.56. The SMILES string of the molecule is C=C(C)CNC(=O)NC(CC)C(=O)N1CCOCC1. The van der Waals surface area contributed by atoms with Gasteiger partial charge in [0.05, 0.1) is 13.2 Å². The van der Waals surface area contributed by atoms with Gasteiger partial charge in [0.25, 0.3) is 0 Å². The second kappa shape index (κ2) is 7.78. The average Bonchev–Trinajstić information content (AvgIpc) is 2.42. The fourth-order valence-corrected chi connectivity index (χ4v) is 1.78. The lowest BCUT2D eigenvalue weighted by molar-refractivity contribution is -0.137. The summed E-state index contributed by atoms with van der Waals surface area (Å²) in [5, 5.41) is 5.36. The van der Waals surface area contributed by atoms with Crippen LogP contribution < -0.4 is 10.6 Å². The molecule has 0 aromatic rings. The highest BCUT2D eigenvalue weighted by Crippen LogP contribution is 2.03. The number of nitrogens with zero attached hydrogens (tertiary/aromatic N) is 1. The van der Waals surface area contributed by atoms with Crippen molar-refractivity contribution in [1.29, 1.82) is 0 Å². The summed E-state index contributed by atoms with van der Waals surface area (Å²) in [4.78, 5) is 25.6. The summed E-state index contributed by atoms with van der Waals surface area (Å²) < 4.78 is 5.21. The molecule has 19 heavy (non-hydrogen) atoms. The Balaban J connectivity index is 2.44. The lowest BCUT2D eigenvalue weighted by Crippen LogP contribution is -2.53. The maximum absolute atomic E-state index is 12.2. The molecule has 1 atom stereocenters. The number of hydrogen-bond donors (Lipinski definition) is 2. The number of nitrogens with one attached hydrogen (secondary N) is 2. The summed E-state index contributed by atoms with van der Waals surface area (Å²) >= 11 is 0. The molecule has 0 aromatic heterocycles. The van der Waals surface area contributed by atoms with E-state index < -0.39 is 6.04 Å². The summed E-state index contributed by atoms with van der Waals surface area (Å²) in [5.74, 6) is -0.0451. The van der Waals surface area contributed by atoms with Crippen molar-refractivity contribution in [3.05, 3.63) is 12.2 Å². The summed E-state index contributed by atoms with van der Waals surface area (Å²) in [5.41, 5.74) is 0.864. The molecular weight excluding hydrogens is 246 g/mol. The fraction of sp³-hybridized carbons (Fsp3) is 0.692. The molecule has 0 radical (unpaired) electrons. The molecule has 6 nitrogen and oxygen atoms in total. The zero-order valence-corrected chi connectivity index (χ0v) is 11.7. The molecule has 1 unspecified atom stereocenters. The molecule has 0 aromatic carbocycles. The van der Waals surface area contributed by atoms with Crippen molar-refractivity contribution in [3.63, 3.8) is 0 Å². The van der Waals surface area contributed by atoms with E-state index in [1.54, 1.807) is 4.90 Å². The quantitative estimate of drug-likeness (QED) is 0.714. The van der Waals surface area contributed by atoms with Crippen molar-refractivity contribution in [2.24, 2.45) is 0 Å². The van der Waals surface area contributed by atoms with Crippen LogP contribution in [0.25, 0.3) is 0 Å². The summed E-state index contributed by atoms with van der Waals surface area (Å²) in [6, 6.07) is -0.820. The maximum Gasteiger partial charge on any atom is 0.315 e. The van der Waals surface area contributed by atoms with E-state index in [2.05, 4.69) is 17.2 Å². The lowest BCUT2D eigenvalue weighted by atomic mass is 10.2. The van der Waals surface area contributed by atoms with E-state index in [0.29, 0.717) is 39.3 Å². The van der Waals surface area contributed by atoms with Gasteiger partial charge in [-0.1, -0.05) is 19.1 Å². The highest BCUT2D eigenvalue weighted by molar-refractivity contribution is 5.87. The van der Waals surface area contributed by atoms with Crippen molar-refractivity contribution < 1.29 is 14.3 Å². The van der Waals surface area contributed by atoms with E-state index in [1.807, 2.05) is 13.8 Å². The predicted molar refractivity (Wildman–Crippen MR) is 72.8 cm³/mol. The first-order chi connectivity index (χ1) is 9.04. The van der Waals surface area contributed by atoms with Crippen molar-refractivity contribution in [3.8, 4) is 0 Å². The van der Waals surface area contributed by atoms with Crippen LogP contribution in [0.3, 0.4) is 0 Å². The Labute approximate surface area is 114 Å². The number of urea groups is 1. The van der Waals surface area contributed by atoms with Crippen molar-refractivity contribution >= 4 is 11.9 Å². The third-order valence-corrected chi connectivity index (χ3v) is 2.89. The molecule has 3 amide bonds. The second-order valence-corrected chi connectivity index (χ2v) is 4.68. The van der Waals surface area contributed by atoms with E-state index in [-0.39, 0.29) is 11.9 Å². The number of morpholine rings is 1. The van der Waals surface area contributed by atoms with Crippen LogP contribution >= 0.6 is 0 Å². The zero-order chi connectivity index (χ0) is 14.3. The zero-order valence-electron chi connectivity index (χ0n) is 11.7. The van der Waals surface area contributed by atoms with E-state index >= 15 is 0 Å². The minimum Gasteiger partial charge on any atom is -0.378 e. The monoisotopic (exact) mass is 269 g/mol. The highest BCUT2D eigenvalue weighted by atomic mass is 16.5. The van der Waals surface area contributed by atoms with E-state index in [0.717, 1.165) is 5.57 Å². The first kappa shape index (κ1) is 15.5. The van der Waals surface area contributed by atoms with Crippen molar-refractivity contribution in [2.75, 3.05) is 32.8 Å². The van der Waals surface area contributed by atoms with Crippen LogP contribution in [0, 0.1) is 0 Å². The first-order valence-corrected chi connectivity index (χ1v) is 6.60. The third-order valence-electron chi connectivity index (χ3n) is 2.89. The smallest absolute Gasteiger partial charge is 0.315 e. The van der Waals surface area contributed by atoms with Gasteiger partial charge in [-0.15, -0.1) is 0 Å². The van der Waals surface area contributed by atoms with Gasteiger partial charge in [-0.2, -0.15) is 0 Å². The van der Waals surface area contributed by atoms with Crippen molar-refractivity contribution in [1.82, 2.24) is 15.5 Å². The number of carbonyl (C=O) groups is 2. The van der Waals surface area contributed by atoms with E-state index in [9.17, 15) is 9.59 Å². The van der Waals surface area contributed by atoms with Gasteiger partial charge in [-0.25, -0.2) is 4.79 Å². The minimum atomic E-state index is -0.483. The van der Waals surface area contributed by atoms with Crippen LogP contribution in [0.4, 0.5) is 4.79 Å². The first-order valence-electron chi connectivity index (χ1n) is 6.60. The van der Waals surface area contributed by atoms with Gasteiger partial charge in [0.15, 0.2) is 0 Å². The molecule has 6 heteroatoms. The van der Waals surface area contributed by atoms with E-state index in [1.165, 1.54) is 0 Å². The molecule has 0 spiro atoms. The summed E-state index contributed by atoms with van der Waals surface area (Å²) in [6.07, 6.45) is 0.566. The normalized spacial score (nSPS) is 16.6. The molecule has 1 saturated heterocycles. The minimum absolute atomic E-state index is 0.0451. The molecule has 0 saturated carbocycles. The molecule has 1 fully saturated rings. The van der Waals surface area contributed by atoms with Gasteiger partial charge >= 0.3 is 6.03 Å². The Morgan fingerprint density at radius 1 is 1.37 bits per heavy atom.